The average molecular weight is 374 g/mol. The monoisotopic (exact) mass is 374 g/mol. The van der Waals surface area contributed by atoms with Crippen LogP contribution in [0.25, 0.3) is 0 Å². The fourth-order valence-electron chi connectivity index (χ4n) is 2.20. The molecule has 2 aliphatic rings. The summed E-state index contributed by atoms with van der Waals surface area (Å²) in [5.41, 5.74) is 0. The minimum atomic E-state index is -4.65. The van der Waals surface area contributed by atoms with Crippen LogP contribution in [0.2, 0.25) is 0 Å². The highest BCUT2D eigenvalue weighted by Crippen LogP contribution is 2.39. The number of thiol groups is 1. The van der Waals surface area contributed by atoms with Crippen molar-refractivity contribution in [3.63, 3.8) is 0 Å². The Morgan fingerprint density at radius 3 is 2.86 bits per heavy atom. The third kappa shape index (κ3) is 5.07. The van der Waals surface area contributed by atoms with E-state index in [4.69, 9.17) is 19.0 Å². The molecule has 22 heavy (non-hydrogen) atoms. The first kappa shape index (κ1) is 18.0. The van der Waals surface area contributed by atoms with E-state index in [9.17, 15) is 13.9 Å². The summed E-state index contributed by atoms with van der Waals surface area (Å²) in [5.74, 6) is -0.239. The Labute approximate surface area is 132 Å². The molecular formula is C9H16N2O8P2S. The molecular weight excluding hydrogens is 358 g/mol. The Bertz CT molecular complexity index is 526. The first-order valence-corrected chi connectivity index (χ1v) is 10.3. The Hall–Kier alpha value is -0.380. The number of rotatable bonds is 6. The van der Waals surface area contributed by atoms with Crippen LogP contribution in [-0.2, 0) is 27.7 Å². The Morgan fingerprint density at radius 2 is 2.32 bits per heavy atom. The molecule has 2 aliphatic heterocycles. The first-order valence-electron chi connectivity index (χ1n) is 6.19. The quantitative estimate of drug-likeness (QED) is 0.357. The number of amides is 1. The van der Waals surface area contributed by atoms with Crippen molar-refractivity contribution in [1.29, 1.82) is 0 Å². The van der Waals surface area contributed by atoms with Crippen molar-refractivity contribution < 1.29 is 37.5 Å². The molecule has 10 nitrogen and oxygen atoms in total. The maximum atomic E-state index is 11.3. The second-order valence-electron chi connectivity index (χ2n) is 4.60. The van der Waals surface area contributed by atoms with Gasteiger partial charge in [-0.2, -0.15) is 0 Å². The van der Waals surface area contributed by atoms with Crippen molar-refractivity contribution in [2.75, 3.05) is 19.9 Å². The topological polar surface area (TPSA) is 135 Å². The zero-order valence-electron chi connectivity index (χ0n) is 11.2. The van der Waals surface area contributed by atoms with Gasteiger partial charge in [-0.05, 0) is 0 Å². The molecule has 3 N–H and O–H groups in total. The van der Waals surface area contributed by atoms with E-state index >= 15 is 0 Å². The molecule has 126 valence electrons. The predicted octanol–water partition coefficient (Wildman–Crippen LogP) is -0.529. The molecule has 1 amide bonds. The van der Waals surface area contributed by atoms with Crippen molar-refractivity contribution in [2.24, 2.45) is 0 Å². The van der Waals surface area contributed by atoms with Gasteiger partial charge >= 0.3 is 7.82 Å². The lowest BCUT2D eigenvalue weighted by Gasteiger charge is -2.33. The van der Waals surface area contributed by atoms with Crippen LogP contribution in [0.4, 0.5) is 0 Å². The van der Waals surface area contributed by atoms with Crippen LogP contribution in [0.15, 0.2) is 12.3 Å². The molecule has 13 heteroatoms. The number of ether oxygens (including phenoxy) is 1. The van der Waals surface area contributed by atoms with E-state index in [2.05, 4.69) is 22.1 Å². The number of hydrogen-bond acceptors (Lipinski definition) is 7. The molecule has 0 radical (unpaired) electrons. The number of nitrogens with one attached hydrogen (secondary N) is 1. The molecule has 0 aromatic heterocycles. The lowest BCUT2D eigenvalue weighted by molar-refractivity contribution is -0.118. The molecule has 2 rings (SSSR count). The minimum Gasteiger partial charge on any atom is -0.371 e. The van der Waals surface area contributed by atoms with Gasteiger partial charge < -0.3 is 29.3 Å². The van der Waals surface area contributed by atoms with Gasteiger partial charge in [0.1, 0.15) is 12.2 Å². The van der Waals surface area contributed by atoms with Crippen LogP contribution >= 0.6 is 27.3 Å². The van der Waals surface area contributed by atoms with Gasteiger partial charge in [0, 0.05) is 12.3 Å². The summed E-state index contributed by atoms with van der Waals surface area (Å²) < 4.78 is 37.2. The molecule has 4 atom stereocenters. The van der Waals surface area contributed by atoms with E-state index < -0.39 is 39.9 Å². The van der Waals surface area contributed by atoms with Crippen molar-refractivity contribution in [3.8, 4) is 0 Å². The summed E-state index contributed by atoms with van der Waals surface area (Å²) in [5, 5.41) is 2.60. The molecule has 0 aromatic carbocycles. The van der Waals surface area contributed by atoms with Crippen molar-refractivity contribution in [2.45, 2.75) is 18.2 Å². The van der Waals surface area contributed by atoms with E-state index in [-0.39, 0.29) is 19.2 Å². The van der Waals surface area contributed by atoms with Gasteiger partial charge in [-0.25, -0.2) is 4.57 Å². The molecule has 1 fully saturated rings. The predicted molar refractivity (Wildman–Crippen MR) is 78.4 cm³/mol. The molecule has 0 aliphatic carbocycles. The fraction of sp³-hybridized carbons (Fsp3) is 0.667. The summed E-state index contributed by atoms with van der Waals surface area (Å²) in [6.45, 7) is -0.0515. The van der Waals surface area contributed by atoms with Crippen molar-refractivity contribution >= 4 is 33.2 Å². The van der Waals surface area contributed by atoms with E-state index in [1.807, 2.05) is 0 Å². The van der Waals surface area contributed by atoms with Gasteiger partial charge in [0.25, 0.3) is 0 Å². The van der Waals surface area contributed by atoms with E-state index in [1.165, 1.54) is 6.08 Å². The van der Waals surface area contributed by atoms with Crippen LogP contribution in [0, 0.1) is 0 Å². The molecule has 0 spiro atoms. The van der Waals surface area contributed by atoms with E-state index in [0.717, 1.165) is 0 Å². The maximum Gasteiger partial charge on any atom is 0.469 e. The zero-order chi connectivity index (χ0) is 16.3. The fourth-order valence-corrected chi connectivity index (χ4v) is 3.45. The molecule has 1 saturated heterocycles. The smallest absolute Gasteiger partial charge is 0.371 e. The first-order chi connectivity index (χ1) is 10.3. The number of nitrogens with zero attached hydrogens (tertiary/aromatic N) is 1. The van der Waals surface area contributed by atoms with Crippen molar-refractivity contribution in [1.82, 2.24) is 10.2 Å². The summed E-state index contributed by atoms with van der Waals surface area (Å²) in [6.07, 6.45) is 1.29. The summed E-state index contributed by atoms with van der Waals surface area (Å²) in [4.78, 5) is 30.3. The van der Waals surface area contributed by atoms with Gasteiger partial charge in [0.05, 0.1) is 25.9 Å². The highest BCUT2D eigenvalue weighted by Gasteiger charge is 2.43. The molecule has 3 unspecified atom stereocenters. The third-order valence-electron chi connectivity index (χ3n) is 3.15. The molecule has 0 aromatic rings. The van der Waals surface area contributed by atoms with Crippen LogP contribution in [0.1, 0.15) is 0 Å². The highest BCUT2D eigenvalue weighted by molar-refractivity contribution is 8.39. The summed E-state index contributed by atoms with van der Waals surface area (Å²) >= 11 is 3.73. The summed E-state index contributed by atoms with van der Waals surface area (Å²) in [6, 6.07) is -0.400. The minimum absolute atomic E-state index is 0.156. The van der Waals surface area contributed by atoms with Gasteiger partial charge in [0.15, 0.2) is 0 Å². The number of phosphoric ester groups is 1. The number of phosphoric acid groups is 1. The van der Waals surface area contributed by atoms with Gasteiger partial charge in [-0.1, -0.05) is 12.2 Å². The van der Waals surface area contributed by atoms with Gasteiger partial charge in [-0.3, -0.25) is 13.9 Å². The maximum absolute atomic E-state index is 11.3. The van der Waals surface area contributed by atoms with Gasteiger partial charge in [0.2, 0.25) is 13.1 Å². The largest absolute Gasteiger partial charge is 0.469 e. The average Bonchev–Trinajstić information content (AvgIpc) is 2.79. The normalized spacial score (nSPS) is 30.4. The van der Waals surface area contributed by atoms with Crippen LogP contribution in [0.5, 0.6) is 0 Å². The van der Waals surface area contributed by atoms with Crippen LogP contribution in [-0.4, -0.2) is 58.7 Å². The standard InChI is InChI=1S/C9H16N2O8P2S/c12-8-1-2-11(5-10-8)6-3-17-7(4-18-21(14,15)16)9(6)19-20(13)22/h1-2,6-7,9,20H,3-5H2,(H,10,12)(H,13,22)(H2,14,15,16)/t6?,7-,9?/m1/s1. The zero-order valence-corrected chi connectivity index (χ0v) is 14.0. The molecule has 0 bridgehead atoms. The molecule has 0 saturated carbocycles. The second kappa shape index (κ2) is 7.46. The molecule has 2 heterocycles. The summed E-state index contributed by atoms with van der Waals surface area (Å²) in [7, 11) is -7.26. The van der Waals surface area contributed by atoms with Gasteiger partial charge in [-0.15, -0.1) is 0 Å². The Kier molecular flexibility index (Phi) is 6.09. The third-order valence-corrected chi connectivity index (χ3v) is 4.43. The lowest BCUT2D eigenvalue weighted by atomic mass is 10.1. The highest BCUT2D eigenvalue weighted by atomic mass is 32.7. The van der Waals surface area contributed by atoms with Crippen LogP contribution in [0.3, 0.4) is 0 Å². The Morgan fingerprint density at radius 1 is 1.59 bits per heavy atom. The SMILES string of the molecule is O=C1C=CN(C2CO[C@H](COP(=O)(O)O)C2O[PH](=O)S)CN1. The van der Waals surface area contributed by atoms with E-state index in [0.29, 0.717) is 0 Å². The van der Waals surface area contributed by atoms with E-state index in [1.54, 1.807) is 11.1 Å². The van der Waals surface area contributed by atoms with Crippen molar-refractivity contribution in [3.05, 3.63) is 12.3 Å². The lowest BCUT2D eigenvalue weighted by Crippen LogP contribution is -2.49. The number of carbonyl (C=O) groups is 1. The van der Waals surface area contributed by atoms with Crippen LogP contribution < -0.4 is 5.32 Å². The number of hydrogen-bond donors (Lipinski definition) is 4. The Balaban J connectivity index is 2.06. The number of carbonyl (C=O) groups excluding carboxylic acids is 1. The second-order valence-corrected chi connectivity index (χ2v) is 7.71.